The molecule has 2 N–H and O–H groups in total. The molecule has 0 bridgehead atoms. The van der Waals surface area contributed by atoms with Gasteiger partial charge in [0, 0.05) is 28.7 Å². The lowest BCUT2D eigenvalue weighted by atomic mass is 9.78. The fraction of sp³-hybridized carbons (Fsp3) is 0.200. The Kier molecular flexibility index (Phi) is 7.34. The van der Waals surface area contributed by atoms with Crippen LogP contribution >= 0.6 is 11.6 Å². The second-order valence-corrected chi connectivity index (χ2v) is 9.94. The van der Waals surface area contributed by atoms with E-state index in [-0.39, 0.29) is 17.7 Å². The molecule has 0 radical (unpaired) electrons. The van der Waals surface area contributed by atoms with E-state index in [0.717, 1.165) is 17.8 Å². The molecule has 1 aromatic heterocycles. The monoisotopic (exact) mass is 552 g/mol. The van der Waals surface area contributed by atoms with Crippen LogP contribution in [0.25, 0.3) is 11.1 Å². The molecule has 2 heterocycles. The van der Waals surface area contributed by atoms with Gasteiger partial charge in [0.1, 0.15) is 5.75 Å². The van der Waals surface area contributed by atoms with Crippen LogP contribution in [0.3, 0.4) is 0 Å². The number of nitrogens with zero attached hydrogens (tertiary/aromatic N) is 2. The first kappa shape index (κ1) is 26.7. The quantitative estimate of drug-likeness (QED) is 0.235. The van der Waals surface area contributed by atoms with Gasteiger partial charge in [-0.15, -0.1) is 0 Å². The lowest BCUT2D eigenvalue weighted by Gasteiger charge is -2.48. The Hall–Kier alpha value is -3.88. The van der Waals surface area contributed by atoms with Gasteiger partial charge in [0.15, 0.2) is 0 Å². The summed E-state index contributed by atoms with van der Waals surface area (Å²) in [6.45, 7) is 0. The number of carbonyl (C=O) groups excluding carboxylic acids is 1. The molecule has 0 aliphatic carbocycles. The van der Waals surface area contributed by atoms with Crippen molar-refractivity contribution in [3.63, 3.8) is 0 Å². The van der Waals surface area contributed by atoms with Gasteiger partial charge in [-0.3, -0.25) is 9.78 Å². The highest BCUT2D eigenvalue weighted by Crippen LogP contribution is 2.47. The highest BCUT2D eigenvalue weighted by Gasteiger charge is 2.48. The molecule has 200 valence electrons. The van der Waals surface area contributed by atoms with E-state index in [2.05, 4.69) is 4.98 Å². The number of aliphatic hydroxyl groups excluding tert-OH is 1. The Morgan fingerprint density at radius 2 is 1.59 bits per heavy atom. The van der Waals surface area contributed by atoms with Crippen LogP contribution in [0.5, 0.6) is 5.75 Å². The molecule has 0 spiro atoms. The van der Waals surface area contributed by atoms with Crippen molar-refractivity contribution in [3.05, 3.63) is 113 Å². The van der Waals surface area contributed by atoms with Crippen molar-refractivity contribution >= 4 is 23.2 Å². The van der Waals surface area contributed by atoms with Crippen molar-refractivity contribution in [2.75, 3.05) is 4.90 Å². The average molecular weight is 553 g/mol. The number of benzene rings is 3. The molecule has 9 heteroatoms. The van der Waals surface area contributed by atoms with Crippen LogP contribution in [0.4, 0.5) is 18.9 Å². The first-order valence-corrected chi connectivity index (χ1v) is 12.7. The smallest absolute Gasteiger partial charge is 0.417 e. The van der Waals surface area contributed by atoms with Gasteiger partial charge in [-0.1, -0.05) is 48.0 Å². The van der Waals surface area contributed by atoms with Crippen LogP contribution < -0.4 is 4.90 Å². The van der Waals surface area contributed by atoms with Crippen LogP contribution in [0, 0.1) is 5.92 Å². The Morgan fingerprint density at radius 1 is 0.923 bits per heavy atom. The van der Waals surface area contributed by atoms with E-state index >= 15 is 0 Å². The van der Waals surface area contributed by atoms with Crippen LogP contribution in [0.15, 0.2) is 91.3 Å². The number of alkyl halides is 3. The Balaban J connectivity index is 1.38. The molecule has 0 saturated carbocycles. The molecular formula is C30H24ClF3N2O3. The number of phenolic OH excluding ortho intramolecular Hbond substituents is 1. The van der Waals surface area contributed by atoms with Crippen LogP contribution in [0.2, 0.25) is 5.02 Å². The zero-order valence-corrected chi connectivity index (χ0v) is 21.3. The molecular weight excluding hydrogens is 529 g/mol. The van der Waals surface area contributed by atoms with E-state index in [1.165, 1.54) is 6.20 Å². The molecule has 0 unspecified atom stereocenters. The third-order valence-corrected chi connectivity index (χ3v) is 7.25. The number of aromatic hydroxyl groups is 1. The minimum absolute atomic E-state index is 0.102. The first-order valence-electron chi connectivity index (χ1n) is 12.3. The third kappa shape index (κ3) is 5.62. The minimum Gasteiger partial charge on any atom is -0.508 e. The number of phenols is 1. The largest absolute Gasteiger partial charge is 0.508 e. The summed E-state index contributed by atoms with van der Waals surface area (Å²) in [5.41, 5.74) is 2.15. The van der Waals surface area contributed by atoms with Crippen molar-refractivity contribution < 1.29 is 28.2 Å². The maximum absolute atomic E-state index is 13.4. The molecule has 39 heavy (non-hydrogen) atoms. The van der Waals surface area contributed by atoms with Crippen molar-refractivity contribution in [2.24, 2.45) is 5.92 Å². The van der Waals surface area contributed by atoms with E-state index in [4.69, 9.17) is 11.6 Å². The van der Waals surface area contributed by atoms with Gasteiger partial charge >= 0.3 is 6.18 Å². The molecule has 5 rings (SSSR count). The second kappa shape index (κ2) is 10.7. The zero-order valence-electron chi connectivity index (χ0n) is 20.5. The number of hydrogen-bond acceptors (Lipinski definition) is 4. The number of halogens is 4. The molecule has 3 atom stereocenters. The summed E-state index contributed by atoms with van der Waals surface area (Å²) < 4.78 is 39.4. The van der Waals surface area contributed by atoms with Crippen LogP contribution in [0.1, 0.15) is 41.7 Å². The fourth-order valence-electron chi connectivity index (χ4n) is 4.93. The first-order chi connectivity index (χ1) is 18.6. The van der Waals surface area contributed by atoms with Crippen molar-refractivity contribution in [1.29, 1.82) is 0 Å². The van der Waals surface area contributed by atoms with E-state index in [1.807, 2.05) is 0 Å². The van der Waals surface area contributed by atoms with E-state index in [0.29, 0.717) is 40.2 Å². The number of rotatable bonds is 7. The van der Waals surface area contributed by atoms with Gasteiger partial charge in [0.05, 0.1) is 23.6 Å². The maximum atomic E-state index is 13.4. The van der Waals surface area contributed by atoms with Crippen LogP contribution in [-0.4, -0.2) is 21.1 Å². The Morgan fingerprint density at radius 3 is 2.23 bits per heavy atom. The summed E-state index contributed by atoms with van der Waals surface area (Å²) in [4.78, 5) is 18.7. The number of amides is 1. The Bertz CT molecular complexity index is 1460. The molecule has 3 aromatic carbocycles. The topological polar surface area (TPSA) is 73.7 Å². The summed E-state index contributed by atoms with van der Waals surface area (Å²) in [6, 6.07) is 20.9. The maximum Gasteiger partial charge on any atom is 0.417 e. The van der Waals surface area contributed by atoms with E-state index in [9.17, 15) is 28.2 Å². The predicted molar refractivity (Wildman–Crippen MR) is 142 cm³/mol. The number of carbonyl (C=O) groups is 1. The third-order valence-electron chi connectivity index (χ3n) is 7.00. The highest BCUT2D eigenvalue weighted by molar-refractivity contribution is 6.30. The second-order valence-electron chi connectivity index (χ2n) is 9.50. The summed E-state index contributed by atoms with van der Waals surface area (Å²) >= 11 is 5.94. The summed E-state index contributed by atoms with van der Waals surface area (Å²) in [5.74, 6) is -0.418. The lowest BCUT2D eigenvalue weighted by molar-refractivity contribution is -0.137. The number of anilines is 1. The standard InChI is InChI=1S/C30H24ClF3N2O3/c31-23-7-1-19(2-8-23)27(38)14-13-26-28(20-5-11-25(37)12-6-20)36(29(26)39)24-9-3-18(4-10-24)21-15-22(17-35-16-21)30(32,33)34/h1-12,15-17,26-28,37-38H,13-14H2/t26-,27+,28-/m1/s1. The molecule has 1 aliphatic heterocycles. The van der Waals surface area contributed by atoms with E-state index < -0.39 is 23.8 Å². The average Bonchev–Trinajstić information content (AvgIpc) is 2.92. The summed E-state index contributed by atoms with van der Waals surface area (Å²) in [6.07, 6.45) is -2.32. The number of aromatic nitrogens is 1. The van der Waals surface area contributed by atoms with Gasteiger partial charge < -0.3 is 15.1 Å². The SMILES string of the molecule is O=C1[C@H](CC[C@H](O)c2ccc(Cl)cc2)[C@@H](c2ccc(O)cc2)N1c1ccc(-c2cncc(C(F)(F)F)c2)cc1. The number of hydrogen-bond donors (Lipinski definition) is 2. The van der Waals surface area contributed by atoms with Crippen molar-refractivity contribution in [2.45, 2.75) is 31.2 Å². The van der Waals surface area contributed by atoms with Crippen molar-refractivity contribution in [1.82, 2.24) is 4.98 Å². The highest BCUT2D eigenvalue weighted by atomic mass is 35.5. The van der Waals surface area contributed by atoms with Crippen molar-refractivity contribution in [3.8, 4) is 16.9 Å². The van der Waals surface area contributed by atoms with Gasteiger partial charge in [0.25, 0.3) is 0 Å². The molecule has 1 amide bonds. The fourth-order valence-corrected chi connectivity index (χ4v) is 5.05. The molecule has 1 aliphatic rings. The summed E-state index contributed by atoms with van der Waals surface area (Å²) in [7, 11) is 0. The minimum atomic E-state index is -4.50. The van der Waals surface area contributed by atoms with Gasteiger partial charge in [-0.2, -0.15) is 13.2 Å². The summed E-state index contributed by atoms with van der Waals surface area (Å²) in [5, 5.41) is 21.0. The normalized spacial score (nSPS) is 18.1. The van der Waals surface area contributed by atoms with Crippen LogP contribution in [-0.2, 0) is 11.0 Å². The molecule has 5 nitrogen and oxygen atoms in total. The van der Waals surface area contributed by atoms with Gasteiger partial charge in [-0.05, 0) is 72.0 Å². The predicted octanol–water partition coefficient (Wildman–Crippen LogP) is 7.34. The van der Waals surface area contributed by atoms with Gasteiger partial charge in [-0.25, -0.2) is 0 Å². The number of pyridine rings is 1. The molecule has 1 fully saturated rings. The Labute approximate surface area is 228 Å². The number of β-lactam (4-membered cyclic amide) rings is 1. The number of aliphatic hydroxyl groups is 1. The molecule has 4 aromatic rings. The van der Waals surface area contributed by atoms with Gasteiger partial charge in [0.2, 0.25) is 5.91 Å². The molecule has 1 saturated heterocycles. The lowest BCUT2D eigenvalue weighted by Crippen LogP contribution is -2.55. The zero-order chi connectivity index (χ0) is 27.7. The van der Waals surface area contributed by atoms with E-state index in [1.54, 1.807) is 77.7 Å².